The van der Waals surface area contributed by atoms with E-state index in [4.69, 9.17) is 36.6 Å². The van der Waals surface area contributed by atoms with Crippen LogP contribution in [0, 0.1) is 0 Å². The maximum Gasteiger partial charge on any atom is 0.252 e. The van der Waals surface area contributed by atoms with E-state index in [-0.39, 0.29) is 17.9 Å². The molecule has 0 aliphatic carbocycles. The van der Waals surface area contributed by atoms with E-state index in [0.717, 1.165) is 11.3 Å². The number of nitrogen functional groups attached to an aromatic ring is 1. The number of carbonyl (C=O) groups excluding carboxylic acids is 1. The topological polar surface area (TPSA) is 116 Å². The number of hydroxylamine groups is 2. The number of pyridine rings is 1. The molecule has 1 aliphatic rings. The SMILES string of the molecule is COc1ccc(-c2ccc3nc(N)nc(N4CCC(N(Oc5ccc(Cl)cc5)C(C)=O)C4)c3n2)cc1OC. The second-order valence-corrected chi connectivity index (χ2v) is 9.25. The van der Waals surface area contributed by atoms with Gasteiger partial charge < -0.3 is 24.9 Å². The van der Waals surface area contributed by atoms with Crippen molar-refractivity contribution in [2.45, 2.75) is 19.4 Å². The number of anilines is 2. The number of halogens is 1. The molecule has 0 radical (unpaired) electrons. The van der Waals surface area contributed by atoms with E-state index in [1.165, 1.54) is 12.0 Å². The molecule has 1 aliphatic heterocycles. The zero-order chi connectivity index (χ0) is 26.8. The van der Waals surface area contributed by atoms with E-state index in [9.17, 15) is 4.79 Å². The number of aromatic nitrogens is 3. The van der Waals surface area contributed by atoms with Gasteiger partial charge in [-0.1, -0.05) is 11.6 Å². The van der Waals surface area contributed by atoms with Gasteiger partial charge in [-0.05, 0) is 61.0 Å². The third kappa shape index (κ3) is 5.08. The molecule has 5 rings (SSSR count). The smallest absolute Gasteiger partial charge is 0.252 e. The van der Waals surface area contributed by atoms with Gasteiger partial charge in [0, 0.05) is 30.6 Å². The molecule has 0 bridgehead atoms. The lowest BCUT2D eigenvalue weighted by atomic mass is 10.1. The van der Waals surface area contributed by atoms with E-state index in [2.05, 4.69) is 14.9 Å². The van der Waals surface area contributed by atoms with E-state index < -0.39 is 0 Å². The Balaban J connectivity index is 1.45. The molecule has 4 aromatic rings. The Kier molecular flexibility index (Phi) is 7.06. The highest BCUT2D eigenvalue weighted by Crippen LogP contribution is 2.34. The molecule has 0 spiro atoms. The van der Waals surface area contributed by atoms with Crippen LogP contribution >= 0.6 is 11.6 Å². The Hall–Kier alpha value is -4.31. The highest BCUT2D eigenvalue weighted by Gasteiger charge is 2.33. The van der Waals surface area contributed by atoms with Gasteiger partial charge in [0.15, 0.2) is 23.1 Å². The summed E-state index contributed by atoms with van der Waals surface area (Å²) >= 11 is 5.98. The minimum atomic E-state index is -0.205. The maximum absolute atomic E-state index is 12.5. The van der Waals surface area contributed by atoms with Crippen LogP contribution in [0.3, 0.4) is 0 Å². The Morgan fingerprint density at radius 1 is 1.03 bits per heavy atom. The minimum Gasteiger partial charge on any atom is -0.493 e. The molecule has 3 heterocycles. The predicted molar refractivity (Wildman–Crippen MR) is 146 cm³/mol. The first kappa shape index (κ1) is 25.3. The number of hydrogen-bond acceptors (Lipinski definition) is 9. The van der Waals surface area contributed by atoms with Gasteiger partial charge in [0.2, 0.25) is 5.95 Å². The molecule has 2 N–H and O–H groups in total. The van der Waals surface area contributed by atoms with Crippen LogP contribution in [0.2, 0.25) is 5.02 Å². The fourth-order valence-corrected chi connectivity index (χ4v) is 4.65. The molecule has 2 aromatic heterocycles. The van der Waals surface area contributed by atoms with E-state index in [1.54, 1.807) is 38.5 Å². The van der Waals surface area contributed by atoms with Crippen molar-refractivity contribution in [2.24, 2.45) is 0 Å². The third-order valence-electron chi connectivity index (χ3n) is 6.34. The molecule has 2 aromatic carbocycles. The molecule has 1 unspecified atom stereocenters. The number of methoxy groups -OCH3 is 2. The first-order valence-electron chi connectivity index (χ1n) is 12.0. The van der Waals surface area contributed by atoms with Gasteiger partial charge in [-0.3, -0.25) is 4.79 Å². The van der Waals surface area contributed by atoms with Crippen molar-refractivity contribution < 1.29 is 19.1 Å². The summed E-state index contributed by atoms with van der Waals surface area (Å²) in [6.07, 6.45) is 0.675. The number of carbonyl (C=O) groups is 1. The van der Waals surface area contributed by atoms with Crippen molar-refractivity contribution in [3.8, 4) is 28.5 Å². The summed E-state index contributed by atoms with van der Waals surface area (Å²) in [5.41, 5.74) is 8.87. The number of amides is 1. The van der Waals surface area contributed by atoms with Crippen LogP contribution in [0.15, 0.2) is 54.6 Å². The first-order valence-corrected chi connectivity index (χ1v) is 12.4. The van der Waals surface area contributed by atoms with Crippen molar-refractivity contribution in [1.82, 2.24) is 20.0 Å². The average molecular weight is 535 g/mol. The molecule has 11 heteroatoms. The Labute approximate surface area is 224 Å². The first-order chi connectivity index (χ1) is 18.4. The van der Waals surface area contributed by atoms with Crippen molar-refractivity contribution >= 4 is 40.3 Å². The summed E-state index contributed by atoms with van der Waals surface area (Å²) in [6, 6.07) is 16.0. The number of nitrogens with zero attached hydrogens (tertiary/aromatic N) is 5. The van der Waals surface area contributed by atoms with Crippen LogP contribution in [-0.2, 0) is 4.79 Å². The zero-order valence-electron chi connectivity index (χ0n) is 21.2. The summed E-state index contributed by atoms with van der Waals surface area (Å²) in [5.74, 6) is 2.32. The van der Waals surface area contributed by atoms with Crippen LogP contribution in [0.25, 0.3) is 22.3 Å². The highest BCUT2D eigenvalue weighted by atomic mass is 35.5. The van der Waals surface area contributed by atoms with Gasteiger partial charge in [-0.2, -0.15) is 10.0 Å². The summed E-state index contributed by atoms with van der Waals surface area (Å²) in [5, 5.41) is 1.99. The molecular weight excluding hydrogens is 508 g/mol. The lowest BCUT2D eigenvalue weighted by Crippen LogP contribution is -2.43. The Bertz CT molecular complexity index is 1480. The van der Waals surface area contributed by atoms with E-state index in [1.807, 2.05) is 30.3 Å². The lowest BCUT2D eigenvalue weighted by molar-refractivity contribution is -0.161. The monoisotopic (exact) mass is 534 g/mol. The Morgan fingerprint density at radius 2 is 1.79 bits per heavy atom. The van der Waals surface area contributed by atoms with Crippen molar-refractivity contribution in [3.05, 3.63) is 59.6 Å². The zero-order valence-corrected chi connectivity index (χ0v) is 22.0. The summed E-state index contributed by atoms with van der Waals surface area (Å²) in [6.45, 7) is 2.60. The number of ether oxygens (including phenoxy) is 2. The minimum absolute atomic E-state index is 0.150. The fourth-order valence-electron chi connectivity index (χ4n) is 4.52. The number of nitrogens with two attached hydrogens (primary N) is 1. The summed E-state index contributed by atoms with van der Waals surface area (Å²) < 4.78 is 10.8. The molecule has 1 atom stereocenters. The molecular formula is C27H27ClN6O4. The largest absolute Gasteiger partial charge is 0.493 e. The van der Waals surface area contributed by atoms with Crippen LogP contribution < -0.4 is 24.9 Å². The highest BCUT2D eigenvalue weighted by molar-refractivity contribution is 6.30. The quantitative estimate of drug-likeness (QED) is 0.345. The van der Waals surface area contributed by atoms with Crippen LogP contribution in [0.5, 0.6) is 17.2 Å². The average Bonchev–Trinajstić information content (AvgIpc) is 3.41. The van der Waals surface area contributed by atoms with Gasteiger partial charge in [-0.15, -0.1) is 0 Å². The summed E-state index contributed by atoms with van der Waals surface area (Å²) in [7, 11) is 3.19. The van der Waals surface area contributed by atoms with Gasteiger partial charge in [0.05, 0.1) is 31.5 Å². The molecule has 1 saturated heterocycles. The predicted octanol–water partition coefficient (Wildman–Crippen LogP) is 4.37. The molecule has 1 fully saturated rings. The van der Waals surface area contributed by atoms with E-state index >= 15 is 0 Å². The fraction of sp³-hybridized carbons (Fsp3) is 0.259. The lowest BCUT2D eigenvalue weighted by Gasteiger charge is -2.27. The van der Waals surface area contributed by atoms with Crippen LogP contribution in [-0.4, -0.2) is 59.3 Å². The van der Waals surface area contributed by atoms with Gasteiger partial charge >= 0.3 is 0 Å². The van der Waals surface area contributed by atoms with E-state index in [0.29, 0.717) is 58.6 Å². The van der Waals surface area contributed by atoms with Gasteiger partial charge in [-0.25, -0.2) is 9.97 Å². The normalized spacial score (nSPS) is 14.9. The van der Waals surface area contributed by atoms with Crippen molar-refractivity contribution in [1.29, 1.82) is 0 Å². The van der Waals surface area contributed by atoms with Gasteiger partial charge in [0.1, 0.15) is 5.52 Å². The van der Waals surface area contributed by atoms with Crippen LogP contribution in [0.1, 0.15) is 13.3 Å². The standard InChI is InChI=1S/C27H27ClN6O4/c1-16(35)34(38-20-7-5-18(28)6-8-20)19-12-13-33(15-19)26-25-22(31-27(29)32-26)10-9-21(30-25)17-4-11-23(36-2)24(14-17)37-3/h4-11,14,19H,12-13,15H2,1-3H3,(H2,29,31,32). The van der Waals surface area contributed by atoms with Crippen molar-refractivity contribution in [2.75, 3.05) is 37.9 Å². The van der Waals surface area contributed by atoms with Crippen molar-refractivity contribution in [3.63, 3.8) is 0 Å². The second-order valence-electron chi connectivity index (χ2n) is 8.82. The molecule has 196 valence electrons. The van der Waals surface area contributed by atoms with Gasteiger partial charge in [0.25, 0.3) is 5.91 Å². The number of rotatable bonds is 7. The number of benzene rings is 2. The maximum atomic E-state index is 12.5. The number of hydrogen-bond donors (Lipinski definition) is 1. The third-order valence-corrected chi connectivity index (χ3v) is 6.59. The second kappa shape index (κ2) is 10.6. The summed E-state index contributed by atoms with van der Waals surface area (Å²) in [4.78, 5) is 34.3. The van der Waals surface area contributed by atoms with Crippen LogP contribution in [0.4, 0.5) is 11.8 Å². The molecule has 0 saturated carbocycles. The molecule has 10 nitrogen and oxygen atoms in total. The molecule has 38 heavy (non-hydrogen) atoms. The number of fused-ring (bicyclic) bond motifs is 1. The Morgan fingerprint density at radius 3 is 2.50 bits per heavy atom. The molecule has 1 amide bonds.